The van der Waals surface area contributed by atoms with Crippen molar-refractivity contribution in [1.29, 1.82) is 0 Å². The largest absolute Gasteiger partial charge is 0.294 e. The molecule has 0 aromatic heterocycles. The minimum atomic E-state index is 0.222. The number of hydrogen-bond donors (Lipinski definition) is 0. The third-order valence-corrected chi connectivity index (χ3v) is 4.58. The lowest BCUT2D eigenvalue weighted by Crippen LogP contribution is -2.10. The van der Waals surface area contributed by atoms with Crippen molar-refractivity contribution < 1.29 is 4.79 Å². The van der Waals surface area contributed by atoms with Gasteiger partial charge in [0.05, 0.1) is 0 Å². The molecule has 21 heavy (non-hydrogen) atoms. The molecule has 0 saturated heterocycles. The van der Waals surface area contributed by atoms with Crippen LogP contribution < -0.4 is 0 Å². The molecule has 0 aliphatic rings. The molecular formula is C20H24O. The predicted octanol–water partition coefficient (Wildman–Crippen LogP) is 4.96. The molecule has 0 aliphatic heterocycles. The molecule has 1 heteroatoms. The topological polar surface area (TPSA) is 17.1 Å². The van der Waals surface area contributed by atoms with Gasteiger partial charge >= 0.3 is 0 Å². The lowest BCUT2D eigenvalue weighted by Gasteiger charge is -2.14. The third-order valence-electron chi connectivity index (χ3n) is 4.58. The quantitative estimate of drug-likeness (QED) is 0.726. The fourth-order valence-corrected chi connectivity index (χ4v) is 2.82. The summed E-state index contributed by atoms with van der Waals surface area (Å²) >= 11 is 0. The SMILES string of the molecule is Cc1ccc(CC(=O)c2c(C)c(C)cc(C)c2C)cc1C. The maximum Gasteiger partial charge on any atom is 0.167 e. The highest BCUT2D eigenvalue weighted by molar-refractivity contribution is 6.00. The first-order valence-electron chi connectivity index (χ1n) is 7.48. The van der Waals surface area contributed by atoms with Gasteiger partial charge in [0.15, 0.2) is 5.78 Å². The molecule has 2 aromatic carbocycles. The van der Waals surface area contributed by atoms with E-state index in [4.69, 9.17) is 0 Å². The van der Waals surface area contributed by atoms with Crippen LogP contribution in [0.15, 0.2) is 24.3 Å². The Labute approximate surface area is 128 Å². The second-order valence-electron chi connectivity index (χ2n) is 6.15. The Balaban J connectivity index is 2.39. The van der Waals surface area contributed by atoms with E-state index in [1.807, 2.05) is 0 Å². The normalized spacial score (nSPS) is 10.8. The molecule has 0 radical (unpaired) electrons. The first kappa shape index (κ1) is 15.5. The van der Waals surface area contributed by atoms with E-state index in [1.165, 1.54) is 22.3 Å². The molecule has 0 spiro atoms. The van der Waals surface area contributed by atoms with Gasteiger partial charge in [-0.2, -0.15) is 0 Å². The van der Waals surface area contributed by atoms with Gasteiger partial charge < -0.3 is 0 Å². The fourth-order valence-electron chi connectivity index (χ4n) is 2.82. The van der Waals surface area contributed by atoms with Gasteiger partial charge in [0, 0.05) is 12.0 Å². The van der Waals surface area contributed by atoms with Gasteiger partial charge in [0.1, 0.15) is 0 Å². The summed E-state index contributed by atoms with van der Waals surface area (Å²) in [7, 11) is 0. The lowest BCUT2D eigenvalue weighted by atomic mass is 9.89. The maximum atomic E-state index is 12.8. The van der Waals surface area contributed by atoms with Crippen LogP contribution in [0.2, 0.25) is 0 Å². The van der Waals surface area contributed by atoms with Gasteiger partial charge in [-0.15, -0.1) is 0 Å². The second kappa shape index (κ2) is 5.85. The molecule has 0 bridgehead atoms. The number of ketones is 1. The number of aryl methyl sites for hydroxylation is 4. The van der Waals surface area contributed by atoms with Gasteiger partial charge in [-0.3, -0.25) is 4.79 Å². The molecular weight excluding hydrogens is 256 g/mol. The number of carbonyl (C=O) groups excluding carboxylic acids is 1. The zero-order valence-corrected chi connectivity index (χ0v) is 13.9. The van der Waals surface area contributed by atoms with Crippen molar-refractivity contribution in [2.24, 2.45) is 0 Å². The summed E-state index contributed by atoms with van der Waals surface area (Å²) in [5.41, 5.74) is 9.15. The van der Waals surface area contributed by atoms with E-state index in [0.29, 0.717) is 6.42 Å². The summed E-state index contributed by atoms with van der Waals surface area (Å²) in [5.74, 6) is 0.222. The van der Waals surface area contributed by atoms with Gasteiger partial charge in [-0.05, 0) is 80.5 Å². The molecule has 0 N–H and O–H groups in total. The minimum absolute atomic E-state index is 0.222. The van der Waals surface area contributed by atoms with Crippen molar-refractivity contribution in [3.63, 3.8) is 0 Å². The molecule has 2 aromatic rings. The first-order chi connectivity index (χ1) is 9.81. The molecule has 0 heterocycles. The van der Waals surface area contributed by atoms with Crippen molar-refractivity contribution in [1.82, 2.24) is 0 Å². The third kappa shape index (κ3) is 3.07. The van der Waals surface area contributed by atoms with Crippen LogP contribution in [0.5, 0.6) is 0 Å². The number of benzene rings is 2. The smallest absolute Gasteiger partial charge is 0.167 e. The van der Waals surface area contributed by atoms with E-state index in [1.54, 1.807) is 0 Å². The Kier molecular flexibility index (Phi) is 4.32. The lowest BCUT2D eigenvalue weighted by molar-refractivity contribution is 0.0991. The van der Waals surface area contributed by atoms with Crippen molar-refractivity contribution in [3.05, 3.63) is 68.8 Å². The maximum absolute atomic E-state index is 12.8. The van der Waals surface area contributed by atoms with Gasteiger partial charge in [0.2, 0.25) is 0 Å². The van der Waals surface area contributed by atoms with E-state index in [-0.39, 0.29) is 5.78 Å². The van der Waals surface area contributed by atoms with Gasteiger partial charge in [0.25, 0.3) is 0 Å². The van der Waals surface area contributed by atoms with Crippen molar-refractivity contribution in [2.75, 3.05) is 0 Å². The van der Waals surface area contributed by atoms with Crippen LogP contribution in [0.3, 0.4) is 0 Å². The molecule has 1 nitrogen and oxygen atoms in total. The van der Waals surface area contributed by atoms with E-state index in [2.05, 4.69) is 65.8 Å². The molecule has 0 fully saturated rings. The molecule has 0 saturated carbocycles. The predicted molar refractivity (Wildman–Crippen MR) is 89.3 cm³/mol. The summed E-state index contributed by atoms with van der Waals surface area (Å²) in [6.07, 6.45) is 0.478. The zero-order chi connectivity index (χ0) is 15.7. The summed E-state index contributed by atoms with van der Waals surface area (Å²) in [4.78, 5) is 12.8. The Morgan fingerprint density at radius 2 is 1.33 bits per heavy atom. The first-order valence-corrected chi connectivity index (χ1v) is 7.48. The van der Waals surface area contributed by atoms with Crippen molar-refractivity contribution >= 4 is 5.78 Å². The monoisotopic (exact) mass is 280 g/mol. The minimum Gasteiger partial charge on any atom is -0.294 e. The highest BCUT2D eigenvalue weighted by Crippen LogP contribution is 2.23. The average Bonchev–Trinajstić information content (AvgIpc) is 2.41. The Bertz CT molecular complexity index is 682. The molecule has 0 amide bonds. The summed E-state index contributed by atoms with van der Waals surface area (Å²) < 4.78 is 0. The van der Waals surface area contributed by atoms with Crippen LogP contribution >= 0.6 is 0 Å². The molecule has 0 atom stereocenters. The fraction of sp³-hybridized carbons (Fsp3) is 0.350. The summed E-state index contributed by atoms with van der Waals surface area (Å²) in [6.45, 7) is 12.4. The van der Waals surface area contributed by atoms with Crippen LogP contribution in [0.1, 0.15) is 49.3 Å². The van der Waals surface area contributed by atoms with E-state index in [0.717, 1.165) is 22.3 Å². The second-order valence-corrected chi connectivity index (χ2v) is 6.15. The van der Waals surface area contributed by atoms with Crippen LogP contribution in [0, 0.1) is 41.5 Å². The highest BCUT2D eigenvalue weighted by Gasteiger charge is 2.16. The molecule has 0 aliphatic carbocycles. The zero-order valence-electron chi connectivity index (χ0n) is 13.9. The number of rotatable bonds is 3. The van der Waals surface area contributed by atoms with Crippen LogP contribution in [0.4, 0.5) is 0 Å². The summed E-state index contributed by atoms with van der Waals surface area (Å²) in [5, 5.41) is 0. The molecule has 110 valence electrons. The van der Waals surface area contributed by atoms with Crippen molar-refractivity contribution in [3.8, 4) is 0 Å². The van der Waals surface area contributed by atoms with E-state index < -0.39 is 0 Å². The average molecular weight is 280 g/mol. The Hall–Kier alpha value is -1.89. The van der Waals surface area contributed by atoms with Gasteiger partial charge in [-0.1, -0.05) is 24.3 Å². The number of carbonyl (C=O) groups is 1. The number of Topliss-reactive ketones (excluding diaryl/α,β-unsaturated/α-hetero) is 1. The van der Waals surface area contributed by atoms with Crippen LogP contribution in [0.25, 0.3) is 0 Å². The van der Waals surface area contributed by atoms with Gasteiger partial charge in [-0.25, -0.2) is 0 Å². The van der Waals surface area contributed by atoms with E-state index in [9.17, 15) is 4.79 Å². The summed E-state index contributed by atoms with van der Waals surface area (Å²) in [6, 6.07) is 8.45. The van der Waals surface area contributed by atoms with Crippen molar-refractivity contribution in [2.45, 2.75) is 48.0 Å². The highest BCUT2D eigenvalue weighted by atomic mass is 16.1. The van der Waals surface area contributed by atoms with Crippen LogP contribution in [-0.4, -0.2) is 5.78 Å². The standard InChI is InChI=1S/C20H24O/c1-12-7-8-18(10-13(12)2)11-19(21)20-16(5)14(3)9-15(4)17(20)6/h7-10H,11H2,1-6H3. The molecule has 2 rings (SSSR count). The Morgan fingerprint density at radius 1 is 0.762 bits per heavy atom. The Morgan fingerprint density at radius 3 is 1.86 bits per heavy atom. The number of hydrogen-bond acceptors (Lipinski definition) is 1. The van der Waals surface area contributed by atoms with E-state index >= 15 is 0 Å². The van der Waals surface area contributed by atoms with Crippen LogP contribution in [-0.2, 0) is 6.42 Å². The molecule has 0 unspecified atom stereocenters.